The summed E-state index contributed by atoms with van der Waals surface area (Å²) >= 11 is 0. The molecule has 2 aromatic carbocycles. The molecule has 0 aliphatic carbocycles. The van der Waals surface area contributed by atoms with Gasteiger partial charge in [-0.15, -0.1) is 0 Å². The van der Waals surface area contributed by atoms with Crippen molar-refractivity contribution in [3.8, 4) is 5.75 Å². The van der Waals surface area contributed by atoms with E-state index < -0.39 is 16.1 Å². The highest BCUT2D eigenvalue weighted by molar-refractivity contribution is 7.85. The van der Waals surface area contributed by atoms with E-state index >= 15 is 0 Å². The second-order valence-electron chi connectivity index (χ2n) is 5.84. The number of hydrogen-bond donors (Lipinski definition) is 2. The summed E-state index contributed by atoms with van der Waals surface area (Å²) in [6, 6.07) is 12.2. The largest absolute Gasteiger partial charge is 0.490 e. The lowest BCUT2D eigenvalue weighted by Gasteiger charge is -2.11. The number of carboxylic acid groups (broad SMARTS) is 1. The van der Waals surface area contributed by atoms with E-state index in [1.165, 1.54) is 7.11 Å². The van der Waals surface area contributed by atoms with Crippen molar-refractivity contribution in [3.63, 3.8) is 0 Å². The topological polar surface area (TPSA) is 105 Å². The number of aryl methyl sites for hydroxylation is 1. The highest BCUT2D eigenvalue weighted by atomic mass is 32.2. The fourth-order valence-corrected chi connectivity index (χ4v) is 3.71. The van der Waals surface area contributed by atoms with Crippen LogP contribution < -0.4 is 9.30 Å². The van der Waals surface area contributed by atoms with Crippen molar-refractivity contribution in [1.82, 2.24) is 0 Å². The van der Waals surface area contributed by atoms with Gasteiger partial charge in [-0.25, -0.2) is 4.79 Å². The number of para-hydroxylation sites is 2. The van der Waals surface area contributed by atoms with Gasteiger partial charge in [-0.05, 0) is 18.2 Å². The zero-order valence-electron chi connectivity index (χ0n) is 14.0. The van der Waals surface area contributed by atoms with Crippen LogP contribution in [0.5, 0.6) is 5.75 Å². The summed E-state index contributed by atoms with van der Waals surface area (Å²) in [5, 5.41) is 10.8. The van der Waals surface area contributed by atoms with E-state index in [-0.39, 0.29) is 24.3 Å². The van der Waals surface area contributed by atoms with E-state index in [1.54, 1.807) is 42.5 Å². The van der Waals surface area contributed by atoms with Crippen LogP contribution in [0.25, 0.3) is 21.8 Å². The van der Waals surface area contributed by atoms with Crippen molar-refractivity contribution in [2.45, 2.75) is 13.0 Å². The number of benzene rings is 2. The quantitative estimate of drug-likeness (QED) is 0.388. The molecule has 1 heterocycles. The summed E-state index contributed by atoms with van der Waals surface area (Å²) in [4.78, 5) is 11.9. The van der Waals surface area contributed by atoms with Crippen LogP contribution in [-0.2, 0) is 16.7 Å². The van der Waals surface area contributed by atoms with Gasteiger partial charge in [0.15, 0.2) is 12.3 Å². The predicted molar refractivity (Wildman–Crippen MR) is 96.2 cm³/mol. The summed E-state index contributed by atoms with van der Waals surface area (Å²) < 4.78 is 38.4. The van der Waals surface area contributed by atoms with Gasteiger partial charge in [0, 0.05) is 12.5 Å². The highest BCUT2D eigenvalue weighted by Crippen LogP contribution is 2.30. The number of rotatable bonds is 6. The van der Waals surface area contributed by atoms with E-state index in [4.69, 9.17) is 9.29 Å². The summed E-state index contributed by atoms with van der Waals surface area (Å²) in [7, 11) is -2.58. The van der Waals surface area contributed by atoms with Gasteiger partial charge in [0.25, 0.3) is 15.6 Å². The van der Waals surface area contributed by atoms with Gasteiger partial charge in [0.1, 0.15) is 0 Å². The van der Waals surface area contributed by atoms with Gasteiger partial charge in [-0.1, -0.05) is 18.2 Å². The smallest absolute Gasteiger partial charge is 0.337 e. The molecule has 0 aliphatic heterocycles. The van der Waals surface area contributed by atoms with Crippen LogP contribution in [0.3, 0.4) is 0 Å². The normalized spacial score (nSPS) is 11.8. The number of pyridine rings is 1. The van der Waals surface area contributed by atoms with Crippen LogP contribution >= 0.6 is 0 Å². The molecule has 0 amide bonds. The molecule has 0 spiro atoms. The average Bonchev–Trinajstić information content (AvgIpc) is 2.59. The summed E-state index contributed by atoms with van der Waals surface area (Å²) in [5.74, 6) is -0.946. The number of nitrogens with zero attached hydrogens (tertiary/aromatic N) is 1. The van der Waals surface area contributed by atoms with Gasteiger partial charge >= 0.3 is 5.97 Å². The number of fused-ring (bicyclic) bond motifs is 2. The Morgan fingerprint density at radius 3 is 2.46 bits per heavy atom. The Morgan fingerprint density at radius 2 is 1.81 bits per heavy atom. The third-order valence-corrected chi connectivity index (χ3v) is 5.02. The van der Waals surface area contributed by atoms with E-state index in [2.05, 4.69) is 0 Å². The van der Waals surface area contributed by atoms with Crippen molar-refractivity contribution in [2.75, 3.05) is 12.9 Å². The molecule has 26 heavy (non-hydrogen) atoms. The van der Waals surface area contributed by atoms with Crippen LogP contribution in [0.1, 0.15) is 16.8 Å². The van der Waals surface area contributed by atoms with Crippen molar-refractivity contribution >= 4 is 37.9 Å². The number of aromatic carboxylic acids is 1. The molecular weight excluding hydrogens is 358 g/mol. The summed E-state index contributed by atoms with van der Waals surface area (Å²) in [5.41, 5.74) is 1.39. The molecule has 3 rings (SSSR count). The maximum absolute atomic E-state index is 11.9. The molecule has 0 unspecified atom stereocenters. The Kier molecular flexibility index (Phi) is 4.80. The lowest BCUT2D eigenvalue weighted by molar-refractivity contribution is -0.645. The fourth-order valence-electron chi connectivity index (χ4n) is 3.22. The number of ether oxygens (including phenoxy) is 1. The average molecular weight is 376 g/mol. The monoisotopic (exact) mass is 376 g/mol. The Bertz CT molecular complexity index is 1110. The van der Waals surface area contributed by atoms with E-state index in [9.17, 15) is 18.3 Å². The number of aromatic nitrogens is 1. The molecule has 136 valence electrons. The van der Waals surface area contributed by atoms with Crippen LogP contribution in [0.15, 0.2) is 42.5 Å². The molecule has 0 fully saturated rings. The highest BCUT2D eigenvalue weighted by Gasteiger charge is 2.26. The van der Waals surface area contributed by atoms with Crippen molar-refractivity contribution in [2.24, 2.45) is 0 Å². The van der Waals surface area contributed by atoms with Crippen LogP contribution in [0, 0.1) is 0 Å². The van der Waals surface area contributed by atoms with Crippen molar-refractivity contribution < 1.29 is 32.2 Å². The zero-order chi connectivity index (χ0) is 18.9. The standard InChI is InChI=1S/C18H17NO6S/c1-25-15-9-4-7-13-16(18(20)21)12-6-2-3-8-14(12)19(17(13)15)10-5-11-26(22,23)24/h2-4,6-9H,5,10-11H2,1H3,(H-,20,21,22,23,24)/p+1. The Balaban J connectivity index is 2.36. The van der Waals surface area contributed by atoms with Gasteiger partial charge in [-0.2, -0.15) is 13.0 Å². The summed E-state index contributed by atoms with van der Waals surface area (Å²) in [6.45, 7) is 0.275. The van der Waals surface area contributed by atoms with E-state index in [1.807, 2.05) is 4.57 Å². The maximum atomic E-state index is 11.9. The Hall–Kier alpha value is -2.71. The second kappa shape index (κ2) is 6.89. The van der Waals surface area contributed by atoms with E-state index in [0.29, 0.717) is 27.6 Å². The minimum Gasteiger partial charge on any atom is -0.490 e. The maximum Gasteiger partial charge on any atom is 0.337 e. The number of methoxy groups -OCH3 is 1. The zero-order valence-corrected chi connectivity index (χ0v) is 14.9. The molecule has 7 nitrogen and oxygen atoms in total. The molecule has 0 saturated heterocycles. The second-order valence-corrected chi connectivity index (χ2v) is 7.42. The first kappa shape index (κ1) is 18.1. The van der Waals surface area contributed by atoms with Crippen LogP contribution in [0.2, 0.25) is 0 Å². The van der Waals surface area contributed by atoms with Gasteiger partial charge in [-0.3, -0.25) is 4.55 Å². The first-order chi connectivity index (χ1) is 12.3. The van der Waals surface area contributed by atoms with E-state index in [0.717, 1.165) is 0 Å². The molecule has 3 aromatic rings. The first-order valence-electron chi connectivity index (χ1n) is 7.93. The Morgan fingerprint density at radius 1 is 1.12 bits per heavy atom. The minimum absolute atomic E-state index is 0.167. The van der Waals surface area contributed by atoms with Crippen molar-refractivity contribution in [1.29, 1.82) is 0 Å². The van der Waals surface area contributed by atoms with Gasteiger partial charge in [0.2, 0.25) is 5.52 Å². The lowest BCUT2D eigenvalue weighted by atomic mass is 10.0. The first-order valence-corrected chi connectivity index (χ1v) is 9.54. The minimum atomic E-state index is -4.08. The lowest BCUT2D eigenvalue weighted by Crippen LogP contribution is -2.37. The van der Waals surface area contributed by atoms with Gasteiger partial charge in [0.05, 0.1) is 29.2 Å². The third-order valence-electron chi connectivity index (χ3n) is 4.22. The van der Waals surface area contributed by atoms with Crippen LogP contribution in [0.4, 0.5) is 0 Å². The fraction of sp³-hybridized carbons (Fsp3) is 0.222. The third kappa shape index (κ3) is 3.33. The summed E-state index contributed by atoms with van der Waals surface area (Å²) in [6.07, 6.45) is 0.174. The molecule has 0 aliphatic rings. The number of carbonyl (C=O) groups is 1. The van der Waals surface area contributed by atoms with Crippen molar-refractivity contribution in [3.05, 3.63) is 48.0 Å². The molecule has 0 bridgehead atoms. The predicted octanol–water partition coefficient (Wildman–Crippen LogP) is 2.27. The SMILES string of the molecule is COc1cccc2c(C(=O)O)c3ccccc3[n+](CCCS(=O)(=O)O)c12. The van der Waals surface area contributed by atoms with Crippen LogP contribution in [-0.4, -0.2) is 36.9 Å². The van der Waals surface area contributed by atoms with Gasteiger partial charge < -0.3 is 9.84 Å². The number of hydrogen-bond acceptors (Lipinski definition) is 4. The molecule has 1 aromatic heterocycles. The molecule has 0 saturated carbocycles. The molecular formula is C18H18NO6S+. The molecule has 2 N–H and O–H groups in total. The Labute approximate surface area is 150 Å². The number of carboxylic acids is 1. The molecule has 8 heteroatoms. The molecule has 0 radical (unpaired) electrons. The molecule has 0 atom stereocenters.